The number of nitrogens with zero attached hydrogens (tertiary/aromatic N) is 2. The molecule has 3 aromatic rings. The minimum atomic E-state index is -0.301. The van der Waals surface area contributed by atoms with Crippen LogP contribution in [0.4, 0.5) is 0 Å². The lowest BCUT2D eigenvalue weighted by molar-refractivity contribution is -0.132. The minimum absolute atomic E-state index is 0.0184. The van der Waals surface area contributed by atoms with E-state index in [9.17, 15) is 14.4 Å². The van der Waals surface area contributed by atoms with E-state index >= 15 is 0 Å². The molecule has 0 aliphatic carbocycles. The summed E-state index contributed by atoms with van der Waals surface area (Å²) in [5.41, 5.74) is 4.60. The number of hydrogen-bond acceptors (Lipinski definition) is 3. The third kappa shape index (κ3) is 5.22. The van der Waals surface area contributed by atoms with Crippen LogP contribution in [0.1, 0.15) is 51.5 Å². The van der Waals surface area contributed by atoms with Crippen molar-refractivity contribution < 1.29 is 9.59 Å². The van der Waals surface area contributed by atoms with Crippen molar-refractivity contribution in [3.63, 3.8) is 0 Å². The Kier molecular flexibility index (Phi) is 6.73. The van der Waals surface area contributed by atoms with E-state index < -0.39 is 0 Å². The average molecular weight is 444 g/mol. The van der Waals surface area contributed by atoms with Crippen LogP contribution < -0.4 is 10.9 Å². The number of aryl methyl sites for hydroxylation is 2. The van der Waals surface area contributed by atoms with E-state index in [4.69, 9.17) is 0 Å². The van der Waals surface area contributed by atoms with Crippen molar-refractivity contribution in [3.05, 3.63) is 105 Å². The molecule has 2 heterocycles. The van der Waals surface area contributed by atoms with Crippen LogP contribution in [0, 0.1) is 13.8 Å². The Balaban J connectivity index is 1.46. The maximum Gasteiger partial charge on any atom is 0.253 e. The molecule has 1 atom stereocenters. The number of hydrogen-bond donors (Lipinski definition) is 1. The first-order chi connectivity index (χ1) is 15.9. The molecule has 2 amide bonds. The second kappa shape index (κ2) is 9.86. The van der Waals surface area contributed by atoms with E-state index in [0.29, 0.717) is 18.7 Å². The molecular weight excluding hydrogens is 414 g/mol. The molecular formula is C27H29N3O3. The van der Waals surface area contributed by atoms with Crippen LogP contribution in [0.15, 0.2) is 71.7 Å². The van der Waals surface area contributed by atoms with Gasteiger partial charge in [0, 0.05) is 25.4 Å². The molecule has 0 saturated carbocycles. The van der Waals surface area contributed by atoms with Crippen molar-refractivity contribution in [1.82, 2.24) is 14.8 Å². The molecule has 1 saturated heterocycles. The zero-order valence-electron chi connectivity index (χ0n) is 19.1. The first kappa shape index (κ1) is 22.5. The van der Waals surface area contributed by atoms with E-state index in [1.54, 1.807) is 0 Å². The average Bonchev–Trinajstić information content (AvgIpc) is 3.31. The number of aromatic nitrogens is 1. The summed E-state index contributed by atoms with van der Waals surface area (Å²) in [6, 6.07) is 18.8. The second-order valence-electron chi connectivity index (χ2n) is 8.64. The summed E-state index contributed by atoms with van der Waals surface area (Å²) in [6.07, 6.45) is 3.31. The largest absolute Gasteiger partial charge is 0.348 e. The fourth-order valence-electron chi connectivity index (χ4n) is 4.29. The quantitative estimate of drug-likeness (QED) is 0.631. The Morgan fingerprint density at radius 3 is 2.55 bits per heavy atom. The zero-order chi connectivity index (χ0) is 23.4. The van der Waals surface area contributed by atoms with Crippen LogP contribution in [0.2, 0.25) is 0 Å². The fourth-order valence-corrected chi connectivity index (χ4v) is 4.29. The van der Waals surface area contributed by atoms with Crippen molar-refractivity contribution in [3.8, 4) is 0 Å². The first-order valence-electron chi connectivity index (χ1n) is 11.3. The monoisotopic (exact) mass is 443 g/mol. The smallest absolute Gasteiger partial charge is 0.253 e. The zero-order valence-corrected chi connectivity index (χ0v) is 19.1. The van der Waals surface area contributed by atoms with E-state index in [2.05, 4.69) is 37.4 Å². The Labute approximate surface area is 193 Å². The van der Waals surface area contributed by atoms with E-state index in [-0.39, 0.29) is 30.0 Å². The second-order valence-corrected chi connectivity index (χ2v) is 8.64. The standard InChI is InChI=1S/C27H29N3O3/c1-19-10-11-22(15-20(19)2)24-9-6-14-30(24)26(32)18-29-17-23(12-13-25(29)31)27(33)28-16-21-7-4-3-5-8-21/h3-5,7-8,10-13,15,17,24H,6,9,14,16,18H2,1-2H3,(H,28,33). The van der Waals surface area contributed by atoms with Crippen LogP contribution in [-0.4, -0.2) is 27.8 Å². The summed E-state index contributed by atoms with van der Waals surface area (Å²) in [5, 5.41) is 2.86. The topological polar surface area (TPSA) is 71.4 Å². The summed E-state index contributed by atoms with van der Waals surface area (Å²) < 4.78 is 1.33. The van der Waals surface area contributed by atoms with Crippen LogP contribution in [0.25, 0.3) is 0 Å². The van der Waals surface area contributed by atoms with Gasteiger partial charge in [0.25, 0.3) is 11.5 Å². The van der Waals surface area contributed by atoms with E-state index in [1.165, 1.54) is 34.0 Å². The lowest BCUT2D eigenvalue weighted by Crippen LogP contribution is -2.36. The Bertz CT molecular complexity index is 1220. The minimum Gasteiger partial charge on any atom is -0.348 e. The molecule has 6 heteroatoms. The summed E-state index contributed by atoms with van der Waals surface area (Å²) in [5.74, 6) is -0.395. The predicted octanol–water partition coefficient (Wildman–Crippen LogP) is 3.76. The number of rotatable bonds is 6. The van der Waals surface area contributed by atoms with E-state index in [1.807, 2.05) is 35.2 Å². The number of amides is 2. The molecule has 170 valence electrons. The summed E-state index contributed by atoms with van der Waals surface area (Å²) in [7, 11) is 0. The van der Waals surface area contributed by atoms with Crippen LogP contribution in [0.3, 0.4) is 0 Å². The van der Waals surface area contributed by atoms with Crippen molar-refractivity contribution in [2.45, 2.75) is 45.8 Å². The Morgan fingerprint density at radius 2 is 1.79 bits per heavy atom. The van der Waals surface area contributed by atoms with Gasteiger partial charge in [-0.05, 0) is 55.0 Å². The Morgan fingerprint density at radius 1 is 1.00 bits per heavy atom. The fraction of sp³-hybridized carbons (Fsp3) is 0.296. The third-order valence-electron chi connectivity index (χ3n) is 6.34. The van der Waals surface area contributed by atoms with Gasteiger partial charge in [0.15, 0.2) is 0 Å². The maximum atomic E-state index is 13.2. The number of benzene rings is 2. The van der Waals surface area contributed by atoms with Crippen molar-refractivity contribution in [2.24, 2.45) is 0 Å². The van der Waals surface area contributed by atoms with Gasteiger partial charge in [-0.15, -0.1) is 0 Å². The Hall–Kier alpha value is -3.67. The molecule has 4 rings (SSSR count). The van der Waals surface area contributed by atoms with Gasteiger partial charge in [0.2, 0.25) is 5.91 Å². The molecule has 1 aliphatic heterocycles. The third-order valence-corrected chi connectivity index (χ3v) is 6.34. The van der Waals surface area contributed by atoms with Crippen molar-refractivity contribution >= 4 is 11.8 Å². The highest BCUT2D eigenvalue weighted by molar-refractivity contribution is 5.93. The number of likely N-dealkylation sites (tertiary alicyclic amines) is 1. The van der Waals surface area contributed by atoms with E-state index in [0.717, 1.165) is 24.0 Å². The molecule has 1 fully saturated rings. The number of nitrogens with one attached hydrogen (secondary N) is 1. The van der Waals surface area contributed by atoms with Gasteiger partial charge < -0.3 is 14.8 Å². The van der Waals surface area contributed by atoms with Gasteiger partial charge in [0.05, 0.1) is 11.6 Å². The van der Waals surface area contributed by atoms with Gasteiger partial charge in [-0.3, -0.25) is 14.4 Å². The molecule has 6 nitrogen and oxygen atoms in total. The normalized spacial score (nSPS) is 15.5. The maximum absolute atomic E-state index is 13.2. The molecule has 0 bridgehead atoms. The van der Waals surface area contributed by atoms with Gasteiger partial charge in [-0.1, -0.05) is 48.5 Å². The van der Waals surface area contributed by atoms with Crippen LogP contribution in [0.5, 0.6) is 0 Å². The van der Waals surface area contributed by atoms with Gasteiger partial charge in [0.1, 0.15) is 6.54 Å². The summed E-state index contributed by atoms with van der Waals surface area (Å²) >= 11 is 0. The molecule has 2 aromatic carbocycles. The molecule has 33 heavy (non-hydrogen) atoms. The van der Waals surface area contributed by atoms with Crippen LogP contribution >= 0.6 is 0 Å². The first-order valence-corrected chi connectivity index (χ1v) is 11.3. The number of pyridine rings is 1. The SMILES string of the molecule is Cc1ccc(C2CCCN2C(=O)Cn2cc(C(=O)NCc3ccccc3)ccc2=O)cc1C. The van der Waals surface area contributed by atoms with Gasteiger partial charge >= 0.3 is 0 Å². The summed E-state index contributed by atoms with van der Waals surface area (Å²) in [4.78, 5) is 40.0. The molecule has 1 aliphatic rings. The van der Waals surface area contributed by atoms with Crippen molar-refractivity contribution in [1.29, 1.82) is 0 Å². The molecule has 1 N–H and O–H groups in total. The van der Waals surface area contributed by atoms with Gasteiger partial charge in [-0.25, -0.2) is 0 Å². The summed E-state index contributed by atoms with van der Waals surface area (Å²) in [6.45, 7) is 5.13. The lowest BCUT2D eigenvalue weighted by atomic mass is 9.99. The number of carbonyl (C=O) groups is 2. The van der Waals surface area contributed by atoms with Gasteiger partial charge in [-0.2, -0.15) is 0 Å². The van der Waals surface area contributed by atoms with Crippen LogP contribution in [-0.2, 0) is 17.9 Å². The lowest BCUT2D eigenvalue weighted by Gasteiger charge is -2.26. The van der Waals surface area contributed by atoms with Crippen molar-refractivity contribution in [2.75, 3.05) is 6.54 Å². The number of carbonyl (C=O) groups excluding carboxylic acids is 2. The highest BCUT2D eigenvalue weighted by atomic mass is 16.2. The molecule has 1 unspecified atom stereocenters. The molecule has 0 radical (unpaired) electrons. The molecule has 1 aromatic heterocycles. The molecule has 0 spiro atoms. The predicted molar refractivity (Wildman–Crippen MR) is 128 cm³/mol. The highest BCUT2D eigenvalue weighted by Crippen LogP contribution is 2.33. The highest BCUT2D eigenvalue weighted by Gasteiger charge is 2.30.